The quantitative estimate of drug-likeness (QED) is 0.805. The maximum atomic E-state index is 11.5. The minimum atomic E-state index is -0.318. The van der Waals surface area contributed by atoms with Crippen molar-refractivity contribution in [3.8, 4) is 0 Å². The van der Waals surface area contributed by atoms with E-state index >= 15 is 0 Å². The number of carbonyl (C=O) groups is 1. The fourth-order valence-corrected chi connectivity index (χ4v) is 2.46. The van der Waals surface area contributed by atoms with Gasteiger partial charge in [-0.25, -0.2) is 4.79 Å². The van der Waals surface area contributed by atoms with Gasteiger partial charge in [-0.1, -0.05) is 13.8 Å². The first-order valence-corrected chi connectivity index (χ1v) is 5.91. The van der Waals surface area contributed by atoms with E-state index < -0.39 is 0 Å². The average Bonchev–Trinajstić information content (AvgIpc) is 2.46. The van der Waals surface area contributed by atoms with Crippen molar-refractivity contribution < 1.29 is 9.53 Å². The monoisotopic (exact) mass is 227 g/mol. The predicted molar refractivity (Wildman–Crippen MR) is 63.2 cm³/mol. The van der Waals surface area contributed by atoms with Gasteiger partial charge in [-0.3, -0.25) is 0 Å². The maximum absolute atomic E-state index is 11.5. The molecular formula is C11H17NO2S. The van der Waals surface area contributed by atoms with Gasteiger partial charge in [0, 0.05) is 4.88 Å². The van der Waals surface area contributed by atoms with Crippen molar-refractivity contribution in [3.05, 3.63) is 16.5 Å². The number of nitrogens with two attached hydrogens (primary N) is 1. The summed E-state index contributed by atoms with van der Waals surface area (Å²) in [6.07, 6.45) is 0.953. The molecule has 0 amide bonds. The Bertz CT molecular complexity index is 344. The smallest absolute Gasteiger partial charge is 0.341 e. The number of rotatable bonds is 4. The molecule has 1 aromatic heterocycles. The number of esters is 1. The normalized spacial score (nSPS) is 10.7. The van der Waals surface area contributed by atoms with E-state index in [1.54, 1.807) is 6.92 Å². The van der Waals surface area contributed by atoms with Crippen molar-refractivity contribution in [1.82, 2.24) is 0 Å². The molecule has 0 aromatic carbocycles. The molecule has 0 saturated heterocycles. The molecule has 15 heavy (non-hydrogen) atoms. The van der Waals surface area contributed by atoms with E-state index in [2.05, 4.69) is 13.8 Å². The van der Waals surface area contributed by atoms with Gasteiger partial charge in [-0.2, -0.15) is 0 Å². The van der Waals surface area contributed by atoms with Gasteiger partial charge in [0.15, 0.2) is 0 Å². The molecule has 1 heterocycles. The molecule has 4 heteroatoms. The van der Waals surface area contributed by atoms with Crippen LogP contribution in [0.4, 0.5) is 5.00 Å². The van der Waals surface area contributed by atoms with Gasteiger partial charge in [0.1, 0.15) is 5.00 Å². The number of ether oxygens (including phenoxy) is 1. The molecule has 0 aliphatic rings. The molecule has 0 radical (unpaired) electrons. The van der Waals surface area contributed by atoms with E-state index in [-0.39, 0.29) is 5.97 Å². The Morgan fingerprint density at radius 1 is 1.60 bits per heavy atom. The highest BCUT2D eigenvalue weighted by atomic mass is 32.1. The summed E-state index contributed by atoms with van der Waals surface area (Å²) in [7, 11) is 0. The van der Waals surface area contributed by atoms with Crippen LogP contribution in [0.3, 0.4) is 0 Å². The molecule has 0 bridgehead atoms. The lowest BCUT2D eigenvalue weighted by molar-refractivity contribution is 0.0528. The van der Waals surface area contributed by atoms with Crippen molar-refractivity contribution in [2.75, 3.05) is 12.3 Å². The summed E-state index contributed by atoms with van der Waals surface area (Å²) in [5, 5.41) is 0.559. The zero-order chi connectivity index (χ0) is 11.4. The number of thiophene rings is 1. The van der Waals surface area contributed by atoms with Crippen LogP contribution < -0.4 is 5.73 Å². The zero-order valence-corrected chi connectivity index (χ0v) is 10.2. The molecule has 0 unspecified atom stereocenters. The van der Waals surface area contributed by atoms with Crippen LogP contribution in [-0.4, -0.2) is 12.6 Å². The highest BCUT2D eigenvalue weighted by molar-refractivity contribution is 7.16. The van der Waals surface area contributed by atoms with Gasteiger partial charge in [0.2, 0.25) is 0 Å². The minimum absolute atomic E-state index is 0.318. The SMILES string of the molecule is CCOC(=O)c1cc(CC(C)C)sc1N. The Morgan fingerprint density at radius 2 is 2.27 bits per heavy atom. The lowest BCUT2D eigenvalue weighted by atomic mass is 10.1. The fraction of sp³-hybridized carbons (Fsp3) is 0.545. The fourth-order valence-electron chi connectivity index (χ4n) is 1.33. The highest BCUT2D eigenvalue weighted by Crippen LogP contribution is 2.27. The Hall–Kier alpha value is -1.03. The average molecular weight is 227 g/mol. The number of hydrogen-bond donors (Lipinski definition) is 1. The van der Waals surface area contributed by atoms with Crippen LogP contribution in [0.25, 0.3) is 0 Å². The minimum Gasteiger partial charge on any atom is -0.462 e. The van der Waals surface area contributed by atoms with Gasteiger partial charge >= 0.3 is 5.97 Å². The summed E-state index contributed by atoms with van der Waals surface area (Å²) in [4.78, 5) is 12.6. The van der Waals surface area contributed by atoms with Gasteiger partial charge < -0.3 is 10.5 Å². The first-order valence-electron chi connectivity index (χ1n) is 5.09. The highest BCUT2D eigenvalue weighted by Gasteiger charge is 2.15. The van der Waals surface area contributed by atoms with Crippen molar-refractivity contribution in [2.45, 2.75) is 27.2 Å². The van der Waals surface area contributed by atoms with Crippen molar-refractivity contribution in [1.29, 1.82) is 0 Å². The van der Waals surface area contributed by atoms with Gasteiger partial charge in [0.25, 0.3) is 0 Å². The van der Waals surface area contributed by atoms with E-state index in [0.29, 0.717) is 23.1 Å². The molecule has 1 aromatic rings. The van der Waals surface area contributed by atoms with Gasteiger partial charge in [-0.15, -0.1) is 11.3 Å². The molecule has 84 valence electrons. The van der Waals surface area contributed by atoms with E-state index in [4.69, 9.17) is 10.5 Å². The van der Waals surface area contributed by atoms with Crippen molar-refractivity contribution in [3.63, 3.8) is 0 Å². The second kappa shape index (κ2) is 5.16. The molecular weight excluding hydrogens is 210 g/mol. The first kappa shape index (κ1) is 12.0. The van der Waals surface area contributed by atoms with E-state index in [1.165, 1.54) is 11.3 Å². The Balaban J connectivity index is 2.81. The van der Waals surface area contributed by atoms with Crippen LogP contribution in [0.5, 0.6) is 0 Å². The maximum Gasteiger partial charge on any atom is 0.341 e. The summed E-state index contributed by atoms with van der Waals surface area (Å²) in [6, 6.07) is 1.85. The van der Waals surface area contributed by atoms with Gasteiger partial charge in [-0.05, 0) is 25.3 Å². The molecule has 0 fully saturated rings. The number of anilines is 1. The molecule has 0 aliphatic heterocycles. The summed E-state index contributed by atoms with van der Waals surface area (Å²) >= 11 is 1.47. The predicted octanol–water partition coefficient (Wildman–Crippen LogP) is 2.71. The number of nitrogen functional groups attached to an aromatic ring is 1. The largest absolute Gasteiger partial charge is 0.462 e. The van der Waals surface area contributed by atoms with Crippen LogP contribution in [0, 0.1) is 5.92 Å². The number of hydrogen-bond acceptors (Lipinski definition) is 4. The molecule has 0 atom stereocenters. The van der Waals surface area contributed by atoms with Crippen LogP contribution >= 0.6 is 11.3 Å². The topological polar surface area (TPSA) is 52.3 Å². The van der Waals surface area contributed by atoms with E-state index in [0.717, 1.165) is 11.3 Å². The van der Waals surface area contributed by atoms with Gasteiger partial charge in [0.05, 0.1) is 12.2 Å². The summed E-state index contributed by atoms with van der Waals surface area (Å²) < 4.78 is 4.91. The molecule has 1 rings (SSSR count). The second-order valence-corrected chi connectivity index (χ2v) is 4.98. The zero-order valence-electron chi connectivity index (χ0n) is 9.37. The second-order valence-electron chi connectivity index (χ2n) is 3.81. The van der Waals surface area contributed by atoms with Crippen LogP contribution in [0.15, 0.2) is 6.07 Å². The standard InChI is InChI=1S/C11H17NO2S/c1-4-14-11(13)9-6-8(5-7(2)3)15-10(9)12/h6-7H,4-5,12H2,1-3H3. The Morgan fingerprint density at radius 3 is 2.80 bits per heavy atom. The summed E-state index contributed by atoms with van der Waals surface area (Å²) in [5.41, 5.74) is 6.28. The third-order valence-corrected chi connectivity index (χ3v) is 2.90. The molecule has 0 saturated carbocycles. The van der Waals surface area contributed by atoms with Crippen molar-refractivity contribution in [2.24, 2.45) is 5.92 Å². The molecule has 2 N–H and O–H groups in total. The Kier molecular flexibility index (Phi) is 4.15. The molecule has 0 aliphatic carbocycles. The lowest BCUT2D eigenvalue weighted by Gasteiger charge is -1.99. The number of carbonyl (C=O) groups excluding carboxylic acids is 1. The summed E-state index contributed by atoms with van der Waals surface area (Å²) in [6.45, 7) is 6.45. The summed E-state index contributed by atoms with van der Waals surface area (Å²) in [5.74, 6) is 0.249. The van der Waals surface area contributed by atoms with E-state index in [9.17, 15) is 4.79 Å². The van der Waals surface area contributed by atoms with Crippen LogP contribution in [0.2, 0.25) is 0 Å². The third kappa shape index (κ3) is 3.23. The van der Waals surface area contributed by atoms with Crippen LogP contribution in [0.1, 0.15) is 36.0 Å². The van der Waals surface area contributed by atoms with E-state index in [1.807, 2.05) is 6.07 Å². The molecule has 3 nitrogen and oxygen atoms in total. The first-order chi connectivity index (χ1) is 7.04. The Labute approximate surface area is 94.2 Å². The van der Waals surface area contributed by atoms with Crippen molar-refractivity contribution >= 4 is 22.3 Å². The lowest BCUT2D eigenvalue weighted by Crippen LogP contribution is -2.05. The third-order valence-electron chi connectivity index (χ3n) is 1.92. The van der Waals surface area contributed by atoms with Crippen LogP contribution in [-0.2, 0) is 11.2 Å². The molecule has 0 spiro atoms.